The fourth-order valence-electron chi connectivity index (χ4n) is 5.24. The lowest BCUT2D eigenvalue weighted by Gasteiger charge is -2.30. The monoisotopic (exact) mass is 655 g/mol. The van der Waals surface area contributed by atoms with E-state index in [4.69, 9.17) is 4.74 Å². The lowest BCUT2D eigenvalue weighted by Crippen LogP contribution is -2.57. The number of H-pyrrole nitrogens is 1. The summed E-state index contributed by atoms with van der Waals surface area (Å²) >= 11 is 0. The predicted octanol–water partition coefficient (Wildman–Crippen LogP) is 1.49. The van der Waals surface area contributed by atoms with Crippen molar-refractivity contribution in [3.05, 3.63) is 84.1 Å². The van der Waals surface area contributed by atoms with Gasteiger partial charge in [-0.15, -0.1) is 10.2 Å². The summed E-state index contributed by atoms with van der Waals surface area (Å²) in [5.41, 5.74) is 1.49. The molecule has 0 bridgehead atoms. The number of rotatable bonds is 15. The highest BCUT2D eigenvalue weighted by atomic mass is 16.5. The van der Waals surface area contributed by atoms with Crippen molar-refractivity contribution in [2.75, 3.05) is 10.2 Å². The zero-order valence-electron chi connectivity index (χ0n) is 26.6. The number of carbonyl (C=O) groups excluding carboxylic acids is 4. The molecule has 250 valence electrons. The molecule has 0 unspecified atom stereocenters. The fraction of sp³-hybridized carbons (Fsp3) is 0.375. The summed E-state index contributed by atoms with van der Waals surface area (Å²) in [7, 11) is 0. The van der Waals surface area contributed by atoms with Crippen LogP contribution in [0.2, 0.25) is 0 Å². The van der Waals surface area contributed by atoms with Crippen LogP contribution in [-0.4, -0.2) is 77.4 Å². The van der Waals surface area contributed by atoms with Crippen LogP contribution in [0.1, 0.15) is 50.1 Å². The molecule has 0 saturated heterocycles. The minimum absolute atomic E-state index is 0.0190. The Morgan fingerprint density at radius 3 is 2.52 bits per heavy atom. The third-order valence-corrected chi connectivity index (χ3v) is 8.01. The summed E-state index contributed by atoms with van der Waals surface area (Å²) in [4.78, 5) is 68.8. The second kappa shape index (κ2) is 16.2. The first-order valence-electron chi connectivity index (χ1n) is 15.6. The molecule has 0 saturated carbocycles. The number of aromatic nitrogens is 7. The highest BCUT2D eigenvalue weighted by Gasteiger charge is 2.43. The maximum atomic E-state index is 14.5. The van der Waals surface area contributed by atoms with Crippen LogP contribution in [0.5, 0.6) is 0 Å². The molecule has 3 amide bonds. The predicted molar refractivity (Wildman–Crippen MR) is 172 cm³/mol. The molecule has 4 atom stereocenters. The largest absolute Gasteiger partial charge is 0.461 e. The number of benzene rings is 1. The van der Waals surface area contributed by atoms with Gasteiger partial charge in [0.25, 0.3) is 5.91 Å². The van der Waals surface area contributed by atoms with Gasteiger partial charge in [-0.25, -0.2) is 15.0 Å². The number of nitrogens with zero attached hydrogens (tertiary/aromatic N) is 7. The SMILES string of the molecule is CC[C@H](C)[C@H](Nc1ncccn1)C(=O)N[C@@H](CCC(=O)OCc1ccccc1)C(=O)N1c2ncccc2C[C@H]1C(=O)NCc1nn[nH]n1. The number of amides is 3. The number of nitrogens with one attached hydrogen (secondary N) is 4. The summed E-state index contributed by atoms with van der Waals surface area (Å²) in [6, 6.07) is 11.4. The molecule has 4 heterocycles. The molecule has 0 fully saturated rings. The van der Waals surface area contributed by atoms with Gasteiger partial charge in [-0.2, -0.15) is 5.21 Å². The maximum Gasteiger partial charge on any atom is 0.306 e. The summed E-state index contributed by atoms with van der Waals surface area (Å²) in [6.45, 7) is 3.87. The number of hydrogen-bond acceptors (Lipinski definition) is 12. The fourth-order valence-corrected chi connectivity index (χ4v) is 5.24. The third kappa shape index (κ3) is 8.51. The van der Waals surface area contributed by atoms with E-state index < -0.39 is 41.8 Å². The van der Waals surface area contributed by atoms with Gasteiger partial charge in [-0.1, -0.05) is 61.9 Å². The Labute approximate surface area is 276 Å². The van der Waals surface area contributed by atoms with Crippen molar-refractivity contribution in [2.45, 2.75) is 70.8 Å². The van der Waals surface area contributed by atoms with Crippen molar-refractivity contribution in [3.63, 3.8) is 0 Å². The Bertz CT molecular complexity index is 1670. The smallest absolute Gasteiger partial charge is 0.306 e. The van der Waals surface area contributed by atoms with Gasteiger partial charge in [0.05, 0.1) is 6.54 Å². The summed E-state index contributed by atoms with van der Waals surface area (Å²) in [6.07, 6.45) is 5.18. The van der Waals surface area contributed by atoms with E-state index in [1.165, 1.54) is 11.1 Å². The number of esters is 1. The van der Waals surface area contributed by atoms with Gasteiger partial charge in [-0.05, 0) is 35.6 Å². The first-order valence-corrected chi connectivity index (χ1v) is 15.6. The molecular formula is C32H37N11O5. The highest BCUT2D eigenvalue weighted by molar-refractivity contribution is 6.06. The van der Waals surface area contributed by atoms with Gasteiger partial charge in [0, 0.05) is 31.4 Å². The first-order chi connectivity index (χ1) is 23.3. The Hall–Kier alpha value is -5.80. The highest BCUT2D eigenvalue weighted by Crippen LogP contribution is 2.31. The van der Waals surface area contributed by atoms with Crippen LogP contribution in [0, 0.1) is 5.92 Å². The zero-order chi connectivity index (χ0) is 33.9. The van der Waals surface area contributed by atoms with Crippen LogP contribution < -0.4 is 20.9 Å². The zero-order valence-corrected chi connectivity index (χ0v) is 26.6. The molecule has 48 heavy (non-hydrogen) atoms. The molecule has 16 heteroatoms. The molecule has 16 nitrogen and oxygen atoms in total. The van der Waals surface area contributed by atoms with E-state index in [2.05, 4.69) is 51.5 Å². The van der Waals surface area contributed by atoms with Crippen LogP contribution in [0.3, 0.4) is 0 Å². The second-order valence-corrected chi connectivity index (χ2v) is 11.3. The van der Waals surface area contributed by atoms with Crippen molar-refractivity contribution in [1.82, 2.24) is 46.2 Å². The van der Waals surface area contributed by atoms with E-state index in [1.54, 1.807) is 30.6 Å². The summed E-state index contributed by atoms with van der Waals surface area (Å²) < 4.78 is 5.45. The lowest BCUT2D eigenvalue weighted by atomic mass is 9.97. The van der Waals surface area contributed by atoms with Gasteiger partial charge in [0.15, 0.2) is 5.82 Å². The van der Waals surface area contributed by atoms with Crippen molar-refractivity contribution in [1.29, 1.82) is 0 Å². The van der Waals surface area contributed by atoms with Crippen LogP contribution in [0.15, 0.2) is 67.1 Å². The van der Waals surface area contributed by atoms with E-state index in [0.29, 0.717) is 17.8 Å². The molecule has 0 radical (unpaired) electrons. The quantitative estimate of drug-likeness (QED) is 0.134. The molecule has 4 aromatic rings. The first kappa shape index (κ1) is 33.6. The maximum absolute atomic E-state index is 14.5. The normalized spacial score (nSPS) is 15.5. The van der Waals surface area contributed by atoms with Crippen molar-refractivity contribution >= 4 is 35.5 Å². The third-order valence-electron chi connectivity index (χ3n) is 8.01. The summed E-state index contributed by atoms with van der Waals surface area (Å²) in [5.74, 6) is -1.49. The van der Waals surface area contributed by atoms with E-state index in [-0.39, 0.29) is 50.1 Å². The second-order valence-electron chi connectivity index (χ2n) is 11.3. The Morgan fingerprint density at radius 2 is 1.79 bits per heavy atom. The lowest BCUT2D eigenvalue weighted by molar-refractivity contribution is -0.145. The van der Waals surface area contributed by atoms with Crippen molar-refractivity contribution in [3.8, 4) is 0 Å². The van der Waals surface area contributed by atoms with E-state index in [9.17, 15) is 19.2 Å². The van der Waals surface area contributed by atoms with Crippen LogP contribution in [0.4, 0.5) is 11.8 Å². The minimum Gasteiger partial charge on any atom is -0.461 e. The number of pyridine rings is 1. The van der Waals surface area contributed by atoms with Crippen LogP contribution >= 0.6 is 0 Å². The van der Waals surface area contributed by atoms with E-state index in [0.717, 1.165) is 5.56 Å². The van der Waals surface area contributed by atoms with Crippen LogP contribution in [0.25, 0.3) is 0 Å². The molecule has 4 N–H and O–H groups in total. The van der Waals surface area contributed by atoms with Crippen molar-refractivity contribution in [2.24, 2.45) is 5.92 Å². The standard InChI is InChI=1S/C32H37N11O5/c1-3-20(2)27(38-32-34-15-8-16-35-32)30(46)37-23(12-13-26(44)48-19-21-9-5-4-6-10-21)31(47)43-24(17-22-11-7-14-33-28(22)43)29(45)36-18-25-39-41-42-40-25/h4-11,14-16,20,23-24,27H,3,12-13,17-19H2,1-2H3,(H,36,45)(H,37,46)(H,34,35,38)(H,39,40,41,42)/t20-,23-,24-,27-/m0/s1. The van der Waals surface area contributed by atoms with Crippen molar-refractivity contribution < 1.29 is 23.9 Å². The number of carbonyl (C=O) groups is 4. The number of fused-ring (bicyclic) bond motifs is 1. The number of tetrazole rings is 1. The van der Waals surface area contributed by atoms with Crippen LogP contribution in [-0.2, 0) is 43.5 Å². The summed E-state index contributed by atoms with van der Waals surface area (Å²) in [5, 5.41) is 22.2. The van der Waals surface area contributed by atoms with Gasteiger partial charge < -0.3 is 20.7 Å². The van der Waals surface area contributed by atoms with E-state index >= 15 is 0 Å². The van der Waals surface area contributed by atoms with Gasteiger partial charge in [-0.3, -0.25) is 24.1 Å². The molecule has 1 aliphatic rings. The number of anilines is 2. The molecule has 1 aromatic carbocycles. The average molecular weight is 656 g/mol. The average Bonchev–Trinajstić information content (AvgIpc) is 3.79. The Balaban J connectivity index is 1.38. The number of ether oxygens (including phenoxy) is 1. The molecule has 1 aliphatic heterocycles. The molecular weight excluding hydrogens is 618 g/mol. The van der Waals surface area contributed by atoms with Gasteiger partial charge in [0.2, 0.25) is 17.8 Å². The molecule has 5 rings (SSSR count). The molecule has 0 spiro atoms. The van der Waals surface area contributed by atoms with E-state index in [1.807, 2.05) is 44.2 Å². The molecule has 3 aromatic heterocycles. The van der Waals surface area contributed by atoms with Gasteiger partial charge in [0.1, 0.15) is 30.6 Å². The Kier molecular flexibility index (Phi) is 11.3. The Morgan fingerprint density at radius 1 is 1.02 bits per heavy atom. The minimum atomic E-state index is -1.22. The number of aromatic amines is 1. The molecule has 0 aliphatic carbocycles. The van der Waals surface area contributed by atoms with Gasteiger partial charge >= 0.3 is 5.97 Å². The topological polar surface area (TPSA) is 210 Å². The number of hydrogen-bond donors (Lipinski definition) is 4.